The fourth-order valence-electron chi connectivity index (χ4n) is 4.95. The molecule has 0 bridgehead atoms. The van der Waals surface area contributed by atoms with Gasteiger partial charge in [-0.05, 0) is 66.6 Å². The van der Waals surface area contributed by atoms with Crippen LogP contribution in [0.1, 0.15) is 46.3 Å². The number of H-pyrrole nitrogens is 1. The Hall–Kier alpha value is -3.27. The van der Waals surface area contributed by atoms with Gasteiger partial charge >= 0.3 is 0 Å². The molecule has 0 radical (unpaired) electrons. The molecule has 2 atom stereocenters. The van der Waals surface area contributed by atoms with Crippen LogP contribution in [0, 0.1) is 12.8 Å². The van der Waals surface area contributed by atoms with Crippen LogP contribution in [0.4, 0.5) is 0 Å². The largest absolute Gasteiger partial charge is 0.497 e. The van der Waals surface area contributed by atoms with Crippen LogP contribution in [0.15, 0.2) is 48.5 Å². The summed E-state index contributed by atoms with van der Waals surface area (Å²) >= 11 is 0. The molecule has 1 heterocycles. The van der Waals surface area contributed by atoms with Crippen molar-refractivity contribution in [3.8, 4) is 11.5 Å². The third kappa shape index (κ3) is 3.09. The lowest BCUT2D eigenvalue weighted by Crippen LogP contribution is -2.06. The highest BCUT2D eigenvalue weighted by atomic mass is 16.5. The molecular weight excluding hydrogens is 386 g/mol. The van der Waals surface area contributed by atoms with Crippen molar-refractivity contribution in [1.29, 1.82) is 0 Å². The fraction of sp³-hybridized carbons (Fsp3) is 0.296. The first-order valence-corrected chi connectivity index (χ1v) is 10.9. The highest BCUT2D eigenvalue weighted by molar-refractivity contribution is 6.11. The zero-order valence-corrected chi connectivity index (χ0v) is 18.4. The number of hydrogen-bond acceptors (Lipinski definition) is 3. The van der Waals surface area contributed by atoms with Crippen molar-refractivity contribution in [3.05, 3.63) is 70.8 Å². The van der Waals surface area contributed by atoms with E-state index in [1.54, 1.807) is 20.3 Å². The van der Waals surface area contributed by atoms with Crippen LogP contribution in [-0.2, 0) is 6.42 Å². The fourth-order valence-corrected chi connectivity index (χ4v) is 4.95. The van der Waals surface area contributed by atoms with Crippen LogP contribution < -0.4 is 9.47 Å². The maximum atomic E-state index is 13.5. The van der Waals surface area contributed by atoms with E-state index in [-0.39, 0.29) is 17.6 Å². The van der Waals surface area contributed by atoms with Gasteiger partial charge in [-0.1, -0.05) is 31.2 Å². The number of ketones is 1. The lowest BCUT2D eigenvalue weighted by Gasteiger charge is -2.12. The third-order valence-electron chi connectivity index (χ3n) is 6.76. The van der Waals surface area contributed by atoms with Gasteiger partial charge in [-0.2, -0.15) is 0 Å². The second kappa shape index (κ2) is 7.45. The SMILES string of the molecule is CCc1cc(C2CC2C(=O)c2cc(OC)ccc2OC)c2c([nH]c3ccccc32)c1C. The number of Topliss-reactive ketones (excluding diaryl/α,β-unsaturated/α-hetero) is 1. The number of methoxy groups -OCH3 is 2. The van der Waals surface area contributed by atoms with Gasteiger partial charge in [0.25, 0.3) is 0 Å². The van der Waals surface area contributed by atoms with Crippen LogP contribution in [-0.4, -0.2) is 25.0 Å². The van der Waals surface area contributed by atoms with Crippen molar-refractivity contribution in [3.63, 3.8) is 0 Å². The number of para-hydroxylation sites is 1. The van der Waals surface area contributed by atoms with E-state index < -0.39 is 0 Å². The molecule has 1 aromatic heterocycles. The van der Waals surface area contributed by atoms with E-state index in [0.717, 1.165) is 18.4 Å². The first kappa shape index (κ1) is 19.7. The van der Waals surface area contributed by atoms with Gasteiger partial charge < -0.3 is 14.5 Å². The Morgan fingerprint density at radius 3 is 2.65 bits per heavy atom. The molecule has 31 heavy (non-hydrogen) atoms. The Morgan fingerprint density at radius 1 is 1.10 bits per heavy atom. The molecule has 0 aliphatic heterocycles. The van der Waals surface area contributed by atoms with Gasteiger partial charge in [-0.15, -0.1) is 0 Å². The molecule has 3 aromatic carbocycles. The number of aromatic nitrogens is 1. The topological polar surface area (TPSA) is 51.3 Å². The summed E-state index contributed by atoms with van der Waals surface area (Å²) in [6, 6.07) is 16.2. The molecule has 1 saturated carbocycles. The molecular formula is C27H27NO3. The monoisotopic (exact) mass is 413 g/mol. The first-order chi connectivity index (χ1) is 15.1. The number of carbonyl (C=O) groups is 1. The summed E-state index contributed by atoms with van der Waals surface area (Å²) in [6.45, 7) is 4.38. The van der Waals surface area contributed by atoms with Crippen molar-refractivity contribution >= 4 is 27.6 Å². The number of benzene rings is 3. The molecule has 2 unspecified atom stereocenters. The summed E-state index contributed by atoms with van der Waals surface area (Å²) < 4.78 is 10.8. The summed E-state index contributed by atoms with van der Waals surface area (Å²) in [7, 11) is 3.22. The number of ether oxygens (including phenoxy) is 2. The Labute approximate surface area is 182 Å². The molecule has 0 saturated heterocycles. The number of hydrogen-bond donors (Lipinski definition) is 1. The zero-order valence-electron chi connectivity index (χ0n) is 18.4. The maximum Gasteiger partial charge on any atom is 0.170 e. The second-order valence-corrected chi connectivity index (χ2v) is 8.40. The number of rotatable bonds is 6. The molecule has 1 aliphatic carbocycles. The first-order valence-electron chi connectivity index (χ1n) is 10.9. The van der Waals surface area contributed by atoms with Crippen molar-refractivity contribution < 1.29 is 14.3 Å². The Kier molecular flexibility index (Phi) is 4.73. The smallest absolute Gasteiger partial charge is 0.170 e. The van der Waals surface area contributed by atoms with Crippen LogP contribution >= 0.6 is 0 Å². The highest BCUT2D eigenvalue weighted by Crippen LogP contribution is 2.53. The van der Waals surface area contributed by atoms with E-state index in [0.29, 0.717) is 17.1 Å². The molecule has 4 nitrogen and oxygen atoms in total. The van der Waals surface area contributed by atoms with Gasteiger partial charge in [0.15, 0.2) is 5.78 Å². The van der Waals surface area contributed by atoms with Crippen LogP contribution in [0.2, 0.25) is 0 Å². The summed E-state index contributed by atoms with van der Waals surface area (Å²) in [6.07, 6.45) is 1.83. The minimum Gasteiger partial charge on any atom is -0.497 e. The van der Waals surface area contributed by atoms with E-state index in [4.69, 9.17) is 9.47 Å². The highest BCUT2D eigenvalue weighted by Gasteiger charge is 2.46. The van der Waals surface area contributed by atoms with Crippen LogP contribution in [0.5, 0.6) is 11.5 Å². The maximum absolute atomic E-state index is 13.5. The molecule has 5 rings (SSSR count). The molecule has 158 valence electrons. The number of fused-ring (bicyclic) bond motifs is 3. The van der Waals surface area contributed by atoms with Gasteiger partial charge in [0.1, 0.15) is 11.5 Å². The van der Waals surface area contributed by atoms with Gasteiger partial charge in [0, 0.05) is 27.7 Å². The minimum atomic E-state index is -0.0368. The lowest BCUT2D eigenvalue weighted by molar-refractivity contribution is 0.0962. The minimum absolute atomic E-state index is 0.0368. The summed E-state index contributed by atoms with van der Waals surface area (Å²) in [4.78, 5) is 17.1. The van der Waals surface area contributed by atoms with Crippen molar-refractivity contribution in [2.24, 2.45) is 5.92 Å². The number of carbonyl (C=O) groups excluding carboxylic acids is 1. The number of aromatic amines is 1. The van der Waals surface area contributed by atoms with Gasteiger partial charge in [-0.3, -0.25) is 4.79 Å². The molecule has 1 fully saturated rings. The van der Waals surface area contributed by atoms with Crippen LogP contribution in [0.25, 0.3) is 21.8 Å². The van der Waals surface area contributed by atoms with Crippen molar-refractivity contribution in [2.75, 3.05) is 14.2 Å². The Balaban J connectivity index is 1.61. The van der Waals surface area contributed by atoms with E-state index in [2.05, 4.69) is 49.2 Å². The molecule has 0 amide bonds. The van der Waals surface area contributed by atoms with E-state index in [1.807, 2.05) is 12.1 Å². The lowest BCUT2D eigenvalue weighted by atomic mass is 9.93. The second-order valence-electron chi connectivity index (χ2n) is 8.40. The molecule has 4 aromatic rings. The summed E-state index contributed by atoms with van der Waals surface area (Å²) in [5, 5.41) is 2.50. The van der Waals surface area contributed by atoms with E-state index in [1.165, 1.54) is 33.0 Å². The average Bonchev–Trinajstić information content (AvgIpc) is 3.51. The summed E-state index contributed by atoms with van der Waals surface area (Å²) in [5.41, 5.74) is 6.88. The van der Waals surface area contributed by atoms with Gasteiger partial charge in [0.05, 0.1) is 19.8 Å². The molecule has 1 N–H and O–H groups in total. The quantitative estimate of drug-likeness (QED) is 0.383. The number of aryl methyl sites for hydroxylation is 2. The Bertz CT molecular complexity index is 1320. The predicted octanol–water partition coefficient (Wildman–Crippen LogP) is 6.20. The normalized spacial score (nSPS) is 17.8. The summed E-state index contributed by atoms with van der Waals surface area (Å²) in [5.74, 6) is 1.59. The molecule has 4 heteroatoms. The van der Waals surface area contributed by atoms with E-state index in [9.17, 15) is 4.79 Å². The van der Waals surface area contributed by atoms with Crippen molar-refractivity contribution in [1.82, 2.24) is 4.98 Å². The molecule has 0 spiro atoms. The van der Waals surface area contributed by atoms with Gasteiger partial charge in [0.2, 0.25) is 0 Å². The number of nitrogens with one attached hydrogen (secondary N) is 1. The van der Waals surface area contributed by atoms with Gasteiger partial charge in [-0.25, -0.2) is 0 Å². The standard InChI is InChI=1S/C27H27NO3/c1-5-16-12-20(25-18-8-6-7-9-23(18)28-26(25)15(16)2)19-14-21(19)27(29)22-13-17(30-3)10-11-24(22)31-4/h6-13,19,21,28H,5,14H2,1-4H3. The predicted molar refractivity (Wildman–Crippen MR) is 125 cm³/mol. The van der Waals surface area contributed by atoms with E-state index >= 15 is 0 Å². The average molecular weight is 414 g/mol. The molecule has 1 aliphatic rings. The zero-order chi connectivity index (χ0) is 21.7. The van der Waals surface area contributed by atoms with Crippen molar-refractivity contribution in [2.45, 2.75) is 32.6 Å². The van der Waals surface area contributed by atoms with Crippen LogP contribution in [0.3, 0.4) is 0 Å². The third-order valence-corrected chi connectivity index (χ3v) is 6.76. The Morgan fingerprint density at radius 2 is 1.90 bits per heavy atom.